The number of carbonyl (C=O) groups excluding carboxylic acids is 9. The zero-order valence-electron chi connectivity index (χ0n) is 80.1. The zero-order valence-corrected chi connectivity index (χ0v) is 92.1. The van der Waals surface area contributed by atoms with Gasteiger partial charge in [-0.3, -0.25) is 9.59 Å². The highest BCUT2D eigenvalue weighted by Crippen LogP contribution is 2.35. The van der Waals surface area contributed by atoms with Gasteiger partial charge in [0.2, 0.25) is 9.04 Å². The Bertz CT molecular complexity index is 5550. The van der Waals surface area contributed by atoms with Crippen LogP contribution in [0.1, 0.15) is 110 Å². The second-order valence-electron chi connectivity index (χ2n) is 33.3. The van der Waals surface area contributed by atoms with Crippen LogP contribution in [0, 0.1) is 0 Å². The number of para-hydroxylation sites is 5. The quantitative estimate of drug-likeness (QED) is 0.0200. The number of hydrogen-bond acceptors (Lipinski definition) is 24. The van der Waals surface area contributed by atoms with Gasteiger partial charge in [-0.2, -0.15) is 0 Å². The maximum atomic E-state index is 12.3. The van der Waals surface area contributed by atoms with Crippen molar-refractivity contribution in [3.63, 3.8) is 0 Å². The number of esters is 2. The molecular weight excluding hydrogens is 1880 g/mol. The van der Waals surface area contributed by atoms with E-state index in [-0.39, 0.29) is 66.4 Å². The lowest BCUT2D eigenvalue weighted by Gasteiger charge is -2.46. The SMILES string of the molecule is C=C[Si](C)(C)N(c1ccc(C(=O)OCC)cc1)[Si](C)(C)C=C.C=C[Si](C)(C)OC(=O)c1ccccc1O[Si](C)(C)C=C.C=C[Si]1(C)OC(=O)c2ccccc2O1.C=C[Si]1(C=C)OC(=O)c2ccccc2O1.CCOC(=O)c1ccc(N([SiH](C)C)[SiH](C)C)cc1.C[SiH](C)OC(=O)CCC(=O)c1ccc(-c2ccccc2)cc1.C[SiH]1OC(=O)c2ccccc2O1.O=C1O[SiH2]Oc2ccccc21. The number of benzene rings is 9. The van der Waals surface area contributed by atoms with Gasteiger partial charge in [-0.15, -0.1) is 32.9 Å². The average molecular weight is 2010 g/mol. The van der Waals surface area contributed by atoms with Crippen molar-refractivity contribution in [2.45, 2.75) is 131 Å². The molecule has 0 N–H and O–H groups in total. The van der Waals surface area contributed by atoms with Crippen molar-refractivity contribution in [3.8, 4) is 39.9 Å². The molecule has 708 valence electrons. The van der Waals surface area contributed by atoms with E-state index in [2.05, 4.69) is 118 Å². The molecule has 0 aromatic heterocycles. The molecule has 9 aromatic rings. The maximum Gasteiger partial charge on any atom is 0.517 e. The van der Waals surface area contributed by atoms with Crippen LogP contribution in [0.5, 0.6) is 28.7 Å². The minimum absolute atomic E-state index is 0.0259. The normalized spacial score (nSPS) is 14.5. The van der Waals surface area contributed by atoms with E-state index in [1.54, 1.807) is 109 Å². The molecule has 35 heteroatoms. The highest BCUT2D eigenvalue weighted by atomic mass is 28.4. The summed E-state index contributed by atoms with van der Waals surface area (Å²) in [5.74, 6) is 0.659. The van der Waals surface area contributed by atoms with Crippen molar-refractivity contribution < 1.29 is 101 Å². The van der Waals surface area contributed by atoms with Gasteiger partial charge in [-0.1, -0.05) is 177 Å². The molecule has 0 aliphatic carbocycles. The summed E-state index contributed by atoms with van der Waals surface area (Å²) in [7, 11) is -18.9. The van der Waals surface area contributed by atoms with Crippen LogP contribution in [-0.2, 0) is 40.8 Å². The molecule has 2 atom stereocenters. The highest BCUT2D eigenvalue weighted by molar-refractivity contribution is 7.04. The largest absolute Gasteiger partial charge is 0.540 e. The molecule has 4 aliphatic heterocycles. The van der Waals surface area contributed by atoms with Crippen molar-refractivity contribution in [2.24, 2.45) is 0 Å². The lowest BCUT2D eigenvalue weighted by molar-refractivity contribution is -0.134. The first-order valence-corrected chi connectivity index (χ1v) is 71.9. The predicted octanol–water partition coefficient (Wildman–Crippen LogP) is 20.6. The van der Waals surface area contributed by atoms with Gasteiger partial charge >= 0.3 is 78.2 Å². The van der Waals surface area contributed by atoms with Crippen molar-refractivity contribution in [1.82, 2.24) is 0 Å². The summed E-state index contributed by atoms with van der Waals surface area (Å²) < 4.78 is 73.9. The first-order valence-electron chi connectivity index (χ1n) is 43.8. The third-order valence-corrected chi connectivity index (χ3v) is 45.0. The first kappa shape index (κ1) is 110. The lowest BCUT2D eigenvalue weighted by Crippen LogP contribution is -2.61. The fourth-order valence-corrected chi connectivity index (χ4v) is 34.5. The Morgan fingerprint density at radius 1 is 0.433 bits per heavy atom. The molecule has 134 heavy (non-hydrogen) atoms. The second kappa shape index (κ2) is 52.3. The molecular formula is C99H126N2O22Si11. The van der Waals surface area contributed by atoms with Crippen LogP contribution in [0.15, 0.2) is 310 Å². The first-order chi connectivity index (χ1) is 63.4. The van der Waals surface area contributed by atoms with Crippen LogP contribution < -0.4 is 30.6 Å². The van der Waals surface area contributed by atoms with E-state index in [1.165, 1.54) is 17.1 Å². The van der Waals surface area contributed by atoms with Gasteiger partial charge in [0.25, 0.3) is 22.6 Å². The van der Waals surface area contributed by atoms with E-state index in [0.717, 1.165) is 16.8 Å². The average Bonchev–Trinajstić information content (AvgIpc) is 0.777. The van der Waals surface area contributed by atoms with Crippen LogP contribution >= 0.6 is 0 Å². The molecule has 24 nitrogen and oxygen atoms in total. The maximum absolute atomic E-state index is 12.3. The summed E-state index contributed by atoms with van der Waals surface area (Å²) in [6.45, 7) is 64.7. The monoisotopic (exact) mass is 2000 g/mol. The van der Waals surface area contributed by atoms with Crippen molar-refractivity contribution in [2.75, 3.05) is 21.7 Å². The molecule has 0 spiro atoms. The third kappa shape index (κ3) is 33.3. The van der Waals surface area contributed by atoms with Crippen LogP contribution in [0.3, 0.4) is 0 Å². The van der Waals surface area contributed by atoms with Gasteiger partial charge in [0.1, 0.15) is 46.7 Å². The number of nitrogens with zero attached hydrogens (tertiary/aromatic N) is 2. The van der Waals surface area contributed by atoms with Gasteiger partial charge in [0, 0.05) is 29.9 Å². The molecule has 0 amide bonds. The number of fused-ring (bicyclic) bond motifs is 4. The molecule has 2 unspecified atom stereocenters. The smallest absolute Gasteiger partial charge is 0.517 e. The van der Waals surface area contributed by atoms with E-state index < -0.39 is 96.5 Å². The third-order valence-electron chi connectivity index (χ3n) is 20.1. The molecule has 9 aromatic carbocycles. The second-order valence-corrected chi connectivity index (χ2v) is 66.1. The minimum atomic E-state index is -2.77. The number of Topliss-reactive ketones (excluding diaryl/α,β-unsaturated/α-hetero) is 1. The highest BCUT2D eigenvalue weighted by Gasteiger charge is 2.44. The Labute approximate surface area is 804 Å². The van der Waals surface area contributed by atoms with Gasteiger partial charge in [-0.25, -0.2) is 33.6 Å². The summed E-state index contributed by atoms with van der Waals surface area (Å²) in [5.41, 5.74) is 21.3. The van der Waals surface area contributed by atoms with Crippen LogP contribution in [0.2, 0.25) is 105 Å². The predicted molar refractivity (Wildman–Crippen MR) is 561 cm³/mol. The Hall–Kier alpha value is -12.4. The molecule has 0 fully saturated rings. The van der Waals surface area contributed by atoms with Crippen molar-refractivity contribution in [3.05, 3.63) is 355 Å². The number of ether oxygens (including phenoxy) is 2. The minimum Gasteiger partial charge on any atom is -0.540 e. The molecule has 0 saturated carbocycles. The topological polar surface area (TPSA) is 280 Å². The van der Waals surface area contributed by atoms with Crippen molar-refractivity contribution in [1.29, 1.82) is 0 Å². The van der Waals surface area contributed by atoms with Crippen LogP contribution in [0.4, 0.5) is 11.4 Å². The molecule has 4 heterocycles. The number of hydrogen-bond donors (Lipinski definition) is 0. The van der Waals surface area contributed by atoms with Crippen molar-refractivity contribution >= 4 is 161 Å². The van der Waals surface area contributed by atoms with Crippen LogP contribution in [-0.4, -0.2) is 163 Å². The number of ketones is 1. The summed E-state index contributed by atoms with van der Waals surface area (Å²) >= 11 is 0. The molecule has 0 saturated heterocycles. The van der Waals surface area contributed by atoms with Gasteiger partial charge < -0.3 is 66.6 Å². The molecule has 0 radical (unpaired) electrons. The van der Waals surface area contributed by atoms with E-state index >= 15 is 0 Å². The van der Waals surface area contributed by atoms with E-state index in [9.17, 15) is 43.2 Å². The van der Waals surface area contributed by atoms with E-state index in [1.807, 2.05) is 199 Å². The van der Waals surface area contributed by atoms with E-state index in [0.29, 0.717) is 86.5 Å². The summed E-state index contributed by atoms with van der Waals surface area (Å²) in [4.78, 5) is 105. The fourth-order valence-electron chi connectivity index (χ4n) is 13.1. The molecule has 13 rings (SSSR count). The Kier molecular flexibility index (Phi) is 43.1. The zero-order chi connectivity index (χ0) is 99.3. The Morgan fingerprint density at radius 2 is 0.866 bits per heavy atom. The van der Waals surface area contributed by atoms with Gasteiger partial charge in [-0.05, 0) is 223 Å². The lowest BCUT2D eigenvalue weighted by atomic mass is 10.0. The van der Waals surface area contributed by atoms with Gasteiger partial charge in [0.05, 0.1) is 58.6 Å². The summed E-state index contributed by atoms with van der Waals surface area (Å²) in [6, 6.07) is 68.4. The van der Waals surface area contributed by atoms with E-state index in [4.69, 9.17) is 58.2 Å². The Balaban J connectivity index is 0.000000237. The molecule has 4 aliphatic rings. The fraction of sp³-hybridized carbons (Fsp3) is 0.222. The van der Waals surface area contributed by atoms with Gasteiger partial charge in [0.15, 0.2) is 22.3 Å². The summed E-state index contributed by atoms with van der Waals surface area (Å²) in [6.07, 6.45) is 0.356. The van der Waals surface area contributed by atoms with Crippen LogP contribution in [0.25, 0.3) is 11.1 Å². The number of anilines is 2. The number of rotatable bonds is 27. The number of carbonyl (C=O) groups is 9. The standard InChI is InChI=1S/C18H20O3Si.C17H27NO2Si2.C15H22O3Si2.C13H23NO2Si2.C11H10O3Si.C10H10O3Si.C8H8O3Si.C7H6O3Si/c1-22(2)21-18(20)13-12-17(19)16-10-8-15(9-11-16)14-6-4-3-5-7-14;1-8-20-17(19)15-11-13-16(14-12-15)18(21(4,5)9-2)22(6,7)10-3;1-7-19(3,4)17-14-12-10-9-11-13(14)15(16)18-20(5,6)8-2;1-6-16-13(15)11-7-9-12(10-8-11)14(17(2)3)18(4)5;1-3-15(4-2)13-10-8-6-5-7-9(10)11(12)14-15;1-3-14(2)12-9-7-5-4-6-8(9)10(11)13-14;1-12-10-7-5-3-2-4-6(7)8(9)11-12;8-7-5-3-1-2-4-6(5)9-11-10-7/h3-11,22H,12-13H2,1-2H3;9-14H,2-3,8H2,1,4-7H3;7-12H,1-2H2,3-6H3;7-10,17-18H,6H2,1-5H3;3-8H,1-2H2;3-7H,1H2,2H3;2-5,12H,1H3;1-4H,11H2. The molecule has 0 bridgehead atoms. The summed E-state index contributed by atoms with van der Waals surface area (Å²) in [5, 5.41) is 0. The Morgan fingerprint density at radius 3 is 1.34 bits per heavy atom.